The highest BCUT2D eigenvalue weighted by Crippen LogP contribution is 2.46. The highest BCUT2D eigenvalue weighted by molar-refractivity contribution is 8.00. The molecule has 0 aromatic heterocycles. The Morgan fingerprint density at radius 2 is 2.21 bits per heavy atom. The molecule has 0 fully saturated rings. The summed E-state index contributed by atoms with van der Waals surface area (Å²) in [4.78, 5) is 12.2. The van der Waals surface area contributed by atoms with Gasteiger partial charge in [0, 0.05) is 10.1 Å². The Morgan fingerprint density at radius 3 is 2.86 bits per heavy atom. The first kappa shape index (κ1) is 9.59. The summed E-state index contributed by atoms with van der Waals surface area (Å²) in [6, 6.07) is 5.89. The third kappa shape index (κ3) is 1.32. The van der Waals surface area contributed by atoms with Crippen LogP contribution in [-0.4, -0.2) is 16.3 Å². The van der Waals surface area contributed by atoms with Gasteiger partial charge in [0.05, 0.1) is 5.92 Å². The maximum atomic E-state index is 11.1. The molecule has 2 rings (SSSR count). The highest BCUT2D eigenvalue weighted by Gasteiger charge is 2.36. The fourth-order valence-corrected chi connectivity index (χ4v) is 3.28. The Balaban J connectivity index is 2.53. The zero-order valence-electron chi connectivity index (χ0n) is 8.15. The van der Waals surface area contributed by atoms with Crippen molar-refractivity contribution >= 4 is 17.7 Å². The minimum atomic E-state index is -0.714. The number of benzene rings is 1. The van der Waals surface area contributed by atoms with Gasteiger partial charge in [0.15, 0.2) is 0 Å². The zero-order valence-corrected chi connectivity index (χ0v) is 8.97. The Bertz CT molecular complexity index is 387. The van der Waals surface area contributed by atoms with Crippen molar-refractivity contribution < 1.29 is 9.90 Å². The molecule has 0 saturated heterocycles. The van der Waals surface area contributed by atoms with Crippen molar-refractivity contribution in [3.05, 3.63) is 29.3 Å². The predicted octanol–water partition coefficient (Wildman–Crippen LogP) is 2.66. The lowest BCUT2D eigenvalue weighted by Gasteiger charge is -2.09. The predicted molar refractivity (Wildman–Crippen MR) is 56.9 cm³/mol. The number of hydrogen-bond acceptors (Lipinski definition) is 2. The molecule has 1 aliphatic rings. The van der Waals surface area contributed by atoms with Crippen LogP contribution in [0.15, 0.2) is 23.1 Å². The van der Waals surface area contributed by atoms with Gasteiger partial charge in [0.1, 0.15) is 0 Å². The molecular weight excluding hydrogens is 196 g/mol. The topological polar surface area (TPSA) is 37.3 Å². The molecule has 1 aliphatic heterocycles. The maximum Gasteiger partial charge on any atom is 0.312 e. The molecule has 14 heavy (non-hydrogen) atoms. The van der Waals surface area contributed by atoms with Gasteiger partial charge < -0.3 is 5.11 Å². The van der Waals surface area contributed by atoms with Crippen molar-refractivity contribution in [3.8, 4) is 0 Å². The first-order valence-corrected chi connectivity index (χ1v) is 5.48. The lowest BCUT2D eigenvalue weighted by Crippen LogP contribution is -2.16. The average Bonchev–Trinajstić information content (AvgIpc) is 2.42. The normalized spacial score (nSPS) is 24.7. The molecule has 1 N–H and O–H groups in total. The first-order chi connectivity index (χ1) is 6.61. The maximum absolute atomic E-state index is 11.1. The molecule has 2 unspecified atom stereocenters. The SMILES string of the molecule is Cc1cccc2c1SC(C)C2C(=O)O. The van der Waals surface area contributed by atoms with Gasteiger partial charge in [-0.15, -0.1) is 11.8 Å². The summed E-state index contributed by atoms with van der Waals surface area (Å²) in [6.45, 7) is 4.01. The standard InChI is InChI=1S/C11H12O2S/c1-6-4-3-5-8-9(11(12)13)7(2)14-10(6)8/h3-5,7,9H,1-2H3,(H,12,13). The van der Waals surface area contributed by atoms with E-state index >= 15 is 0 Å². The summed E-state index contributed by atoms with van der Waals surface area (Å²) in [5.41, 5.74) is 2.16. The molecule has 0 spiro atoms. The Morgan fingerprint density at radius 1 is 1.50 bits per heavy atom. The summed E-state index contributed by atoms with van der Waals surface area (Å²) < 4.78 is 0. The van der Waals surface area contributed by atoms with Gasteiger partial charge in [0.25, 0.3) is 0 Å². The molecule has 0 aliphatic carbocycles. The van der Waals surface area contributed by atoms with E-state index in [0.717, 1.165) is 10.5 Å². The molecule has 1 aromatic carbocycles. The first-order valence-electron chi connectivity index (χ1n) is 4.60. The van der Waals surface area contributed by atoms with Gasteiger partial charge in [-0.1, -0.05) is 25.1 Å². The van der Waals surface area contributed by atoms with E-state index < -0.39 is 5.97 Å². The lowest BCUT2D eigenvalue weighted by atomic mass is 9.95. The van der Waals surface area contributed by atoms with Crippen LogP contribution in [0.5, 0.6) is 0 Å². The fourth-order valence-electron chi connectivity index (χ4n) is 1.92. The summed E-state index contributed by atoms with van der Waals surface area (Å²) in [5.74, 6) is -1.05. The van der Waals surface area contributed by atoms with E-state index in [9.17, 15) is 4.79 Å². The van der Waals surface area contributed by atoms with Gasteiger partial charge in [-0.25, -0.2) is 0 Å². The van der Waals surface area contributed by atoms with Gasteiger partial charge in [-0.2, -0.15) is 0 Å². The van der Waals surface area contributed by atoms with E-state index in [4.69, 9.17) is 5.11 Å². The molecule has 74 valence electrons. The van der Waals surface area contributed by atoms with Crippen LogP contribution in [0.1, 0.15) is 24.0 Å². The van der Waals surface area contributed by atoms with E-state index in [1.54, 1.807) is 11.8 Å². The second kappa shape index (κ2) is 3.31. The summed E-state index contributed by atoms with van der Waals surface area (Å²) in [6.07, 6.45) is 0. The summed E-state index contributed by atoms with van der Waals surface area (Å²) in [7, 11) is 0. The van der Waals surface area contributed by atoms with Crippen molar-refractivity contribution in [2.24, 2.45) is 0 Å². The number of thioether (sulfide) groups is 1. The Hall–Kier alpha value is -0.960. The number of fused-ring (bicyclic) bond motifs is 1. The third-order valence-electron chi connectivity index (χ3n) is 2.62. The highest BCUT2D eigenvalue weighted by atomic mass is 32.2. The van der Waals surface area contributed by atoms with Gasteiger partial charge in [0.2, 0.25) is 0 Å². The summed E-state index contributed by atoms with van der Waals surface area (Å²) in [5, 5.41) is 9.25. The van der Waals surface area contributed by atoms with Crippen molar-refractivity contribution in [2.45, 2.75) is 29.9 Å². The fraction of sp³-hybridized carbons (Fsp3) is 0.364. The van der Waals surface area contributed by atoms with E-state index in [1.807, 2.05) is 32.0 Å². The van der Waals surface area contributed by atoms with Crippen LogP contribution in [0.4, 0.5) is 0 Å². The molecule has 0 radical (unpaired) electrons. The van der Waals surface area contributed by atoms with Crippen LogP contribution >= 0.6 is 11.8 Å². The monoisotopic (exact) mass is 208 g/mol. The number of carboxylic acids is 1. The molecule has 3 heteroatoms. The van der Waals surface area contributed by atoms with Crippen molar-refractivity contribution in [2.75, 3.05) is 0 Å². The molecule has 1 aromatic rings. The third-order valence-corrected chi connectivity index (χ3v) is 4.05. The molecule has 2 atom stereocenters. The van der Waals surface area contributed by atoms with Crippen LogP contribution in [0, 0.1) is 6.92 Å². The largest absolute Gasteiger partial charge is 0.481 e. The van der Waals surface area contributed by atoms with E-state index in [1.165, 1.54) is 5.56 Å². The molecule has 0 amide bonds. The number of carboxylic acid groups (broad SMARTS) is 1. The number of carbonyl (C=O) groups is 1. The van der Waals surface area contributed by atoms with E-state index in [0.29, 0.717) is 0 Å². The van der Waals surface area contributed by atoms with Crippen LogP contribution < -0.4 is 0 Å². The second-order valence-electron chi connectivity index (χ2n) is 3.63. The molecule has 0 bridgehead atoms. The second-order valence-corrected chi connectivity index (χ2v) is 5.02. The molecular formula is C11H12O2S. The van der Waals surface area contributed by atoms with Crippen LogP contribution in [0.3, 0.4) is 0 Å². The lowest BCUT2D eigenvalue weighted by molar-refractivity contribution is -0.138. The zero-order chi connectivity index (χ0) is 10.3. The smallest absolute Gasteiger partial charge is 0.312 e. The van der Waals surface area contributed by atoms with Gasteiger partial charge in [-0.05, 0) is 18.1 Å². The summed E-state index contributed by atoms with van der Waals surface area (Å²) >= 11 is 1.67. The number of aliphatic carboxylic acids is 1. The average molecular weight is 208 g/mol. The van der Waals surface area contributed by atoms with Gasteiger partial charge >= 0.3 is 5.97 Å². The van der Waals surface area contributed by atoms with Crippen LogP contribution in [0.25, 0.3) is 0 Å². The van der Waals surface area contributed by atoms with Crippen LogP contribution in [0.2, 0.25) is 0 Å². The van der Waals surface area contributed by atoms with Crippen molar-refractivity contribution in [1.29, 1.82) is 0 Å². The molecule has 1 heterocycles. The molecule has 0 saturated carbocycles. The Labute approximate surface area is 87.3 Å². The minimum absolute atomic E-state index is 0.142. The number of rotatable bonds is 1. The Kier molecular flexibility index (Phi) is 2.27. The van der Waals surface area contributed by atoms with Crippen molar-refractivity contribution in [1.82, 2.24) is 0 Å². The number of hydrogen-bond donors (Lipinski definition) is 1. The number of aryl methyl sites for hydroxylation is 1. The quantitative estimate of drug-likeness (QED) is 0.771. The molecule has 2 nitrogen and oxygen atoms in total. The van der Waals surface area contributed by atoms with Crippen molar-refractivity contribution in [3.63, 3.8) is 0 Å². The minimum Gasteiger partial charge on any atom is -0.481 e. The van der Waals surface area contributed by atoms with Crippen LogP contribution in [-0.2, 0) is 4.79 Å². The van der Waals surface area contributed by atoms with E-state index in [-0.39, 0.29) is 11.2 Å². The van der Waals surface area contributed by atoms with E-state index in [2.05, 4.69) is 0 Å². The van der Waals surface area contributed by atoms with Gasteiger partial charge in [-0.3, -0.25) is 4.79 Å².